The highest BCUT2D eigenvalue weighted by molar-refractivity contribution is 5.98. The van der Waals surface area contributed by atoms with E-state index in [9.17, 15) is 14.4 Å². The van der Waals surface area contributed by atoms with Crippen LogP contribution in [-0.4, -0.2) is 22.8 Å². The first-order valence-electron chi connectivity index (χ1n) is 8.67. The van der Waals surface area contributed by atoms with Crippen molar-refractivity contribution in [1.29, 1.82) is 0 Å². The van der Waals surface area contributed by atoms with Crippen molar-refractivity contribution in [3.8, 4) is 0 Å². The van der Waals surface area contributed by atoms with Gasteiger partial charge in [0.05, 0.1) is 12.5 Å². The molecule has 0 aliphatic heterocycles. The molecule has 0 fully saturated rings. The summed E-state index contributed by atoms with van der Waals surface area (Å²) in [6.45, 7) is 2.04. The molecule has 1 atom stereocenters. The molecule has 0 heterocycles. The molecule has 0 aromatic heterocycles. The fraction of sp³-hybridized carbons (Fsp3) is 0.286. The lowest BCUT2D eigenvalue weighted by molar-refractivity contribution is -0.137. The van der Waals surface area contributed by atoms with E-state index in [0.717, 1.165) is 17.5 Å². The van der Waals surface area contributed by atoms with Crippen LogP contribution in [0, 0.1) is 0 Å². The minimum Gasteiger partial charge on any atom is -0.481 e. The maximum Gasteiger partial charge on any atom is 0.305 e. The second-order valence-corrected chi connectivity index (χ2v) is 6.10. The number of carboxylic acids is 1. The maximum absolute atomic E-state index is 12.2. The normalized spacial score (nSPS) is 11.6. The zero-order chi connectivity index (χ0) is 18.9. The molecule has 1 unspecified atom stereocenters. The largest absolute Gasteiger partial charge is 0.481 e. The third-order valence-electron chi connectivity index (χ3n) is 4.18. The van der Waals surface area contributed by atoms with Gasteiger partial charge in [0.25, 0.3) is 0 Å². The van der Waals surface area contributed by atoms with Crippen molar-refractivity contribution in [3.05, 3.63) is 71.3 Å². The van der Waals surface area contributed by atoms with Gasteiger partial charge in [-0.15, -0.1) is 0 Å². The molecule has 0 radical (unpaired) electrons. The Kier molecular flexibility index (Phi) is 7.09. The van der Waals surface area contributed by atoms with Gasteiger partial charge in [0.15, 0.2) is 5.78 Å². The highest BCUT2D eigenvalue weighted by Gasteiger charge is 2.18. The Balaban J connectivity index is 1.92. The Bertz CT molecular complexity index is 753. The first-order chi connectivity index (χ1) is 12.5. The lowest BCUT2D eigenvalue weighted by Crippen LogP contribution is -2.30. The second-order valence-electron chi connectivity index (χ2n) is 6.10. The number of carbonyl (C=O) groups excluding carboxylic acids is 2. The van der Waals surface area contributed by atoms with Crippen molar-refractivity contribution in [2.24, 2.45) is 0 Å². The number of Topliss-reactive ketones (excluding diaryl/α,β-unsaturated/α-hetero) is 1. The molecule has 0 saturated carbocycles. The van der Waals surface area contributed by atoms with Crippen LogP contribution in [0.5, 0.6) is 0 Å². The van der Waals surface area contributed by atoms with E-state index in [-0.39, 0.29) is 31.0 Å². The fourth-order valence-corrected chi connectivity index (χ4v) is 2.68. The van der Waals surface area contributed by atoms with Gasteiger partial charge in [0.2, 0.25) is 5.91 Å². The molecule has 2 aromatic rings. The molecule has 2 N–H and O–H groups in total. The lowest BCUT2D eigenvalue weighted by Gasteiger charge is -2.17. The van der Waals surface area contributed by atoms with Crippen LogP contribution in [0.2, 0.25) is 0 Å². The van der Waals surface area contributed by atoms with Crippen LogP contribution in [0.3, 0.4) is 0 Å². The van der Waals surface area contributed by atoms with Gasteiger partial charge < -0.3 is 10.4 Å². The predicted octanol–water partition coefficient (Wildman–Crippen LogP) is 3.54. The van der Waals surface area contributed by atoms with Gasteiger partial charge >= 0.3 is 5.97 Å². The Hall–Kier alpha value is -2.95. The van der Waals surface area contributed by atoms with Gasteiger partial charge in [-0.2, -0.15) is 0 Å². The quantitative estimate of drug-likeness (QED) is 0.675. The first kappa shape index (κ1) is 19.4. The van der Waals surface area contributed by atoms with Crippen molar-refractivity contribution in [1.82, 2.24) is 5.32 Å². The molecule has 26 heavy (non-hydrogen) atoms. The van der Waals surface area contributed by atoms with Gasteiger partial charge in [-0.3, -0.25) is 14.4 Å². The Morgan fingerprint density at radius 2 is 1.62 bits per heavy atom. The van der Waals surface area contributed by atoms with Gasteiger partial charge in [-0.05, 0) is 17.5 Å². The van der Waals surface area contributed by atoms with Crippen LogP contribution in [0.1, 0.15) is 53.7 Å². The molecular formula is C21H23NO4. The number of carbonyl (C=O) groups is 3. The minimum atomic E-state index is -0.994. The van der Waals surface area contributed by atoms with Gasteiger partial charge in [0.1, 0.15) is 0 Å². The first-order valence-corrected chi connectivity index (χ1v) is 8.67. The minimum absolute atomic E-state index is 0.0251. The SMILES string of the molecule is CCc1ccc(C(=O)CCC(=O)NC(CC(=O)O)c2ccccc2)cc1. The third-order valence-corrected chi connectivity index (χ3v) is 4.18. The molecular weight excluding hydrogens is 330 g/mol. The summed E-state index contributed by atoms with van der Waals surface area (Å²) in [5.74, 6) is -1.43. The van der Waals surface area contributed by atoms with E-state index in [4.69, 9.17) is 5.11 Å². The fourth-order valence-electron chi connectivity index (χ4n) is 2.68. The number of aryl methyl sites for hydroxylation is 1. The molecule has 0 saturated heterocycles. The average Bonchev–Trinajstić information content (AvgIpc) is 2.66. The van der Waals surface area contributed by atoms with Gasteiger partial charge in [-0.1, -0.05) is 61.5 Å². The number of benzene rings is 2. The number of rotatable bonds is 9. The standard InChI is InChI=1S/C21H23NO4/c1-2-15-8-10-17(11-9-15)19(23)12-13-20(24)22-18(14-21(25)26)16-6-4-3-5-7-16/h3-11,18H,2,12-14H2,1H3,(H,22,24)(H,25,26). The van der Waals surface area contributed by atoms with Gasteiger partial charge in [-0.25, -0.2) is 0 Å². The van der Waals surface area contributed by atoms with Crippen LogP contribution >= 0.6 is 0 Å². The van der Waals surface area contributed by atoms with Crippen LogP contribution in [0.15, 0.2) is 54.6 Å². The summed E-state index contributed by atoms with van der Waals surface area (Å²) in [5, 5.41) is 11.8. The summed E-state index contributed by atoms with van der Waals surface area (Å²) in [6.07, 6.45) is 0.812. The van der Waals surface area contributed by atoms with Crippen molar-refractivity contribution < 1.29 is 19.5 Å². The second kappa shape index (κ2) is 9.51. The van der Waals surface area contributed by atoms with Crippen LogP contribution < -0.4 is 5.32 Å². The van der Waals surface area contributed by atoms with E-state index in [1.54, 1.807) is 36.4 Å². The zero-order valence-corrected chi connectivity index (χ0v) is 14.8. The Morgan fingerprint density at radius 3 is 2.19 bits per heavy atom. The number of hydrogen-bond donors (Lipinski definition) is 2. The topological polar surface area (TPSA) is 83.5 Å². The molecule has 0 aliphatic rings. The number of carboxylic acid groups (broad SMARTS) is 1. The van der Waals surface area contributed by atoms with Crippen LogP contribution in [0.25, 0.3) is 0 Å². The van der Waals surface area contributed by atoms with E-state index >= 15 is 0 Å². The van der Waals surface area contributed by atoms with Crippen LogP contribution in [-0.2, 0) is 16.0 Å². The maximum atomic E-state index is 12.2. The number of nitrogens with one attached hydrogen (secondary N) is 1. The smallest absolute Gasteiger partial charge is 0.305 e. The van der Waals surface area contributed by atoms with Crippen LogP contribution in [0.4, 0.5) is 0 Å². The molecule has 0 spiro atoms. The van der Waals surface area contributed by atoms with Crippen molar-refractivity contribution in [2.45, 2.75) is 38.6 Å². The van der Waals surface area contributed by atoms with Gasteiger partial charge in [0, 0.05) is 18.4 Å². The van der Waals surface area contributed by atoms with Crippen molar-refractivity contribution in [2.75, 3.05) is 0 Å². The highest BCUT2D eigenvalue weighted by Crippen LogP contribution is 2.17. The molecule has 136 valence electrons. The molecule has 1 amide bonds. The Labute approximate surface area is 153 Å². The molecule has 5 heteroatoms. The van der Waals surface area contributed by atoms with E-state index in [1.165, 1.54) is 0 Å². The molecule has 5 nitrogen and oxygen atoms in total. The van der Waals surface area contributed by atoms with Crippen molar-refractivity contribution >= 4 is 17.7 Å². The number of amides is 1. The zero-order valence-electron chi connectivity index (χ0n) is 14.8. The summed E-state index contributed by atoms with van der Waals surface area (Å²) < 4.78 is 0. The summed E-state index contributed by atoms with van der Waals surface area (Å²) in [5.41, 5.74) is 2.46. The monoisotopic (exact) mass is 353 g/mol. The Morgan fingerprint density at radius 1 is 0.962 bits per heavy atom. The number of ketones is 1. The predicted molar refractivity (Wildman–Crippen MR) is 99.0 cm³/mol. The molecule has 2 aromatic carbocycles. The van der Waals surface area contributed by atoms with E-state index in [1.807, 2.05) is 25.1 Å². The lowest BCUT2D eigenvalue weighted by atomic mass is 10.0. The number of aliphatic carboxylic acids is 1. The summed E-state index contributed by atoms with van der Waals surface area (Å²) in [4.78, 5) is 35.5. The number of hydrogen-bond acceptors (Lipinski definition) is 3. The molecule has 2 rings (SSSR count). The summed E-state index contributed by atoms with van der Waals surface area (Å²) in [6, 6.07) is 15.7. The van der Waals surface area contributed by atoms with E-state index in [0.29, 0.717) is 5.56 Å². The van der Waals surface area contributed by atoms with E-state index in [2.05, 4.69) is 5.32 Å². The molecule has 0 bridgehead atoms. The highest BCUT2D eigenvalue weighted by atomic mass is 16.4. The summed E-state index contributed by atoms with van der Waals surface area (Å²) in [7, 11) is 0. The van der Waals surface area contributed by atoms with Crippen molar-refractivity contribution in [3.63, 3.8) is 0 Å². The third kappa shape index (κ3) is 5.84. The average molecular weight is 353 g/mol. The van der Waals surface area contributed by atoms with E-state index < -0.39 is 12.0 Å². The molecule has 0 aliphatic carbocycles. The summed E-state index contributed by atoms with van der Waals surface area (Å²) >= 11 is 0.